The van der Waals surface area contributed by atoms with Crippen LogP contribution < -0.4 is 4.74 Å². The maximum absolute atomic E-state index is 8.71. The van der Waals surface area contributed by atoms with Crippen molar-refractivity contribution in [2.75, 3.05) is 0 Å². The first-order valence-corrected chi connectivity index (χ1v) is 5.99. The van der Waals surface area contributed by atoms with Crippen molar-refractivity contribution in [1.82, 2.24) is 0 Å². The van der Waals surface area contributed by atoms with E-state index in [0.29, 0.717) is 5.56 Å². The van der Waals surface area contributed by atoms with E-state index in [9.17, 15) is 0 Å². The molecule has 2 rings (SSSR count). The van der Waals surface area contributed by atoms with E-state index in [-0.39, 0.29) is 18.3 Å². The largest absolute Gasteiger partial charge is 0.490 e. The zero-order valence-corrected chi connectivity index (χ0v) is 10.2. The van der Waals surface area contributed by atoms with Crippen LogP contribution in [0.3, 0.4) is 0 Å². The molecule has 1 aromatic carbocycles. The second-order valence-electron chi connectivity index (χ2n) is 4.60. The molecule has 1 fully saturated rings. The number of benzene rings is 1. The number of rotatable bonds is 2. The maximum atomic E-state index is 8.71. The molecule has 1 aliphatic heterocycles. The van der Waals surface area contributed by atoms with Gasteiger partial charge in [0.2, 0.25) is 0 Å². The smallest absolute Gasteiger partial charge is 0.119 e. The van der Waals surface area contributed by atoms with Gasteiger partial charge < -0.3 is 9.47 Å². The van der Waals surface area contributed by atoms with Gasteiger partial charge in [-0.05, 0) is 38.1 Å². The van der Waals surface area contributed by atoms with Crippen molar-refractivity contribution in [2.45, 2.75) is 45.0 Å². The molecule has 0 saturated carbocycles. The number of ether oxygens (including phenoxy) is 2. The monoisotopic (exact) mass is 231 g/mol. The third-order valence-corrected chi connectivity index (χ3v) is 2.94. The number of nitrogens with zero attached hydrogens (tertiary/aromatic N) is 1. The fourth-order valence-electron chi connectivity index (χ4n) is 2.24. The average molecular weight is 231 g/mol. The molecule has 0 amide bonds. The molecule has 3 heteroatoms. The molecule has 0 N–H and O–H groups in total. The second-order valence-corrected chi connectivity index (χ2v) is 4.60. The van der Waals surface area contributed by atoms with Gasteiger partial charge in [-0.25, -0.2) is 0 Å². The molecule has 1 saturated heterocycles. The van der Waals surface area contributed by atoms with Gasteiger partial charge >= 0.3 is 0 Å². The van der Waals surface area contributed by atoms with E-state index in [1.54, 1.807) is 12.1 Å². The minimum absolute atomic E-state index is 0.210. The van der Waals surface area contributed by atoms with Crippen molar-refractivity contribution in [3.8, 4) is 11.8 Å². The Kier molecular flexibility index (Phi) is 3.65. The standard InChI is InChI=1S/C14H17NO2/c1-10-7-14(8-11(2)16-10)17-13-5-3-12(9-15)4-6-13/h3-6,10-11,14H,7-8H2,1-2H3. The summed E-state index contributed by atoms with van der Waals surface area (Å²) in [6.07, 6.45) is 2.56. The van der Waals surface area contributed by atoms with Crippen molar-refractivity contribution in [1.29, 1.82) is 5.26 Å². The topological polar surface area (TPSA) is 42.2 Å². The summed E-state index contributed by atoms with van der Waals surface area (Å²) in [4.78, 5) is 0. The number of hydrogen-bond donors (Lipinski definition) is 0. The highest BCUT2D eigenvalue weighted by Crippen LogP contribution is 2.24. The van der Waals surface area contributed by atoms with Crippen LogP contribution in [0.1, 0.15) is 32.3 Å². The summed E-state index contributed by atoms with van der Waals surface area (Å²) < 4.78 is 11.6. The van der Waals surface area contributed by atoms with Crippen LogP contribution in [0.15, 0.2) is 24.3 Å². The Hall–Kier alpha value is -1.53. The first kappa shape index (κ1) is 11.9. The van der Waals surface area contributed by atoms with Gasteiger partial charge in [-0.1, -0.05) is 0 Å². The minimum Gasteiger partial charge on any atom is -0.490 e. The summed E-state index contributed by atoms with van der Waals surface area (Å²) in [6.45, 7) is 4.15. The highest BCUT2D eigenvalue weighted by molar-refractivity contribution is 5.34. The van der Waals surface area contributed by atoms with Crippen LogP contribution in [0.2, 0.25) is 0 Å². The molecule has 2 atom stereocenters. The van der Waals surface area contributed by atoms with Crippen molar-refractivity contribution < 1.29 is 9.47 Å². The average Bonchev–Trinajstić information content (AvgIpc) is 2.28. The van der Waals surface area contributed by atoms with Crippen molar-refractivity contribution in [3.05, 3.63) is 29.8 Å². The predicted octanol–water partition coefficient (Wildman–Crippen LogP) is 2.89. The predicted molar refractivity (Wildman–Crippen MR) is 64.8 cm³/mol. The second kappa shape index (κ2) is 5.20. The van der Waals surface area contributed by atoms with E-state index in [1.807, 2.05) is 12.1 Å². The highest BCUT2D eigenvalue weighted by atomic mass is 16.5. The summed E-state index contributed by atoms with van der Waals surface area (Å²) in [5.41, 5.74) is 0.658. The van der Waals surface area contributed by atoms with E-state index >= 15 is 0 Å². The van der Waals surface area contributed by atoms with Gasteiger partial charge in [0.1, 0.15) is 11.9 Å². The Bertz CT molecular complexity index is 397. The van der Waals surface area contributed by atoms with Crippen LogP contribution in [0, 0.1) is 11.3 Å². The molecule has 0 radical (unpaired) electrons. The van der Waals surface area contributed by atoms with Gasteiger partial charge in [0.05, 0.1) is 23.8 Å². The Morgan fingerprint density at radius 1 is 1.18 bits per heavy atom. The number of nitriles is 1. The van der Waals surface area contributed by atoms with Crippen LogP contribution in [0.5, 0.6) is 5.75 Å². The lowest BCUT2D eigenvalue weighted by molar-refractivity contribution is -0.0721. The molecule has 90 valence electrons. The molecule has 0 spiro atoms. The van der Waals surface area contributed by atoms with Gasteiger partial charge in [0.25, 0.3) is 0 Å². The third-order valence-electron chi connectivity index (χ3n) is 2.94. The molecular formula is C14H17NO2. The first-order chi connectivity index (χ1) is 8.17. The van der Waals surface area contributed by atoms with Crippen LogP contribution in [0.25, 0.3) is 0 Å². The van der Waals surface area contributed by atoms with Gasteiger partial charge in [0.15, 0.2) is 0 Å². The summed E-state index contributed by atoms with van der Waals surface area (Å²) in [7, 11) is 0. The van der Waals surface area contributed by atoms with Gasteiger partial charge in [-0.3, -0.25) is 0 Å². The fourth-order valence-corrected chi connectivity index (χ4v) is 2.24. The number of hydrogen-bond acceptors (Lipinski definition) is 3. The SMILES string of the molecule is CC1CC(Oc2ccc(C#N)cc2)CC(C)O1. The lowest BCUT2D eigenvalue weighted by Gasteiger charge is -2.32. The van der Waals surface area contributed by atoms with E-state index in [1.165, 1.54) is 0 Å². The lowest BCUT2D eigenvalue weighted by Crippen LogP contribution is -2.35. The Morgan fingerprint density at radius 2 is 1.76 bits per heavy atom. The lowest BCUT2D eigenvalue weighted by atomic mass is 10.0. The van der Waals surface area contributed by atoms with Crippen molar-refractivity contribution >= 4 is 0 Å². The van der Waals surface area contributed by atoms with Gasteiger partial charge in [-0.15, -0.1) is 0 Å². The van der Waals surface area contributed by atoms with Crippen molar-refractivity contribution in [3.63, 3.8) is 0 Å². The Morgan fingerprint density at radius 3 is 2.29 bits per heavy atom. The molecule has 0 aliphatic carbocycles. The molecule has 0 bridgehead atoms. The Labute approximate surface area is 102 Å². The van der Waals surface area contributed by atoms with E-state index in [4.69, 9.17) is 14.7 Å². The zero-order chi connectivity index (χ0) is 12.3. The van der Waals surface area contributed by atoms with Crippen LogP contribution in [0.4, 0.5) is 0 Å². The van der Waals surface area contributed by atoms with Crippen molar-refractivity contribution in [2.24, 2.45) is 0 Å². The van der Waals surface area contributed by atoms with Gasteiger partial charge in [0, 0.05) is 12.8 Å². The summed E-state index contributed by atoms with van der Waals surface area (Å²) in [5, 5.41) is 8.71. The highest BCUT2D eigenvalue weighted by Gasteiger charge is 2.25. The third kappa shape index (κ3) is 3.21. The molecule has 17 heavy (non-hydrogen) atoms. The minimum atomic E-state index is 0.210. The van der Waals surface area contributed by atoms with Crippen LogP contribution >= 0.6 is 0 Å². The first-order valence-electron chi connectivity index (χ1n) is 5.99. The molecule has 0 aromatic heterocycles. The molecule has 3 nitrogen and oxygen atoms in total. The van der Waals surface area contributed by atoms with E-state index in [0.717, 1.165) is 18.6 Å². The molecule has 1 heterocycles. The molecular weight excluding hydrogens is 214 g/mol. The molecule has 1 aliphatic rings. The fraction of sp³-hybridized carbons (Fsp3) is 0.500. The van der Waals surface area contributed by atoms with Crippen LogP contribution in [-0.2, 0) is 4.74 Å². The van der Waals surface area contributed by atoms with E-state index in [2.05, 4.69) is 19.9 Å². The normalized spacial score (nSPS) is 28.4. The van der Waals surface area contributed by atoms with E-state index < -0.39 is 0 Å². The van der Waals surface area contributed by atoms with Crippen LogP contribution in [-0.4, -0.2) is 18.3 Å². The summed E-state index contributed by atoms with van der Waals surface area (Å²) in [5.74, 6) is 0.829. The molecule has 1 aromatic rings. The zero-order valence-electron chi connectivity index (χ0n) is 10.2. The summed E-state index contributed by atoms with van der Waals surface area (Å²) in [6, 6.07) is 9.36. The Balaban J connectivity index is 1.98. The molecule has 2 unspecified atom stereocenters. The maximum Gasteiger partial charge on any atom is 0.119 e. The summed E-state index contributed by atoms with van der Waals surface area (Å²) >= 11 is 0. The van der Waals surface area contributed by atoms with Gasteiger partial charge in [-0.2, -0.15) is 5.26 Å². The quantitative estimate of drug-likeness (QED) is 0.786.